The van der Waals surface area contributed by atoms with Crippen molar-refractivity contribution in [1.29, 1.82) is 0 Å². The van der Waals surface area contributed by atoms with Crippen LogP contribution in [0, 0.1) is 0 Å². The second-order valence-electron chi connectivity index (χ2n) is 1.54. The van der Waals surface area contributed by atoms with Crippen LogP contribution >= 0.6 is 21.6 Å². The van der Waals surface area contributed by atoms with Crippen molar-refractivity contribution in [2.75, 3.05) is 11.5 Å². The van der Waals surface area contributed by atoms with Gasteiger partial charge in [-0.3, -0.25) is 4.79 Å². The Balaban J connectivity index is 2.66. The Bertz CT molecular complexity index is 66.1. The summed E-state index contributed by atoms with van der Waals surface area (Å²) in [6.45, 7) is 2.15. The lowest BCUT2D eigenvalue weighted by atomic mass is 10.6. The van der Waals surface area contributed by atoms with E-state index in [2.05, 4.69) is 6.92 Å². The normalized spacial score (nSPS) is 9.44. The molecule has 0 unspecified atom stereocenters. The monoisotopic (exact) mass is 163 g/mol. The molecule has 0 aliphatic rings. The SMILES string of the molecule is CCCSSCC[C]=O. The molecule has 1 nitrogen and oxygen atoms in total. The molecule has 0 rings (SSSR count). The van der Waals surface area contributed by atoms with Crippen LogP contribution in [0.1, 0.15) is 19.8 Å². The van der Waals surface area contributed by atoms with E-state index in [1.54, 1.807) is 10.8 Å². The molecule has 53 valence electrons. The van der Waals surface area contributed by atoms with Crippen LogP contribution in [0.3, 0.4) is 0 Å². The predicted molar refractivity (Wildman–Crippen MR) is 45.5 cm³/mol. The summed E-state index contributed by atoms with van der Waals surface area (Å²) < 4.78 is 0. The van der Waals surface area contributed by atoms with Crippen molar-refractivity contribution in [2.24, 2.45) is 0 Å². The quantitative estimate of drug-likeness (QED) is 0.442. The molecule has 9 heavy (non-hydrogen) atoms. The largest absolute Gasteiger partial charge is 0.291 e. The van der Waals surface area contributed by atoms with Gasteiger partial charge in [-0.05, 0) is 6.42 Å². The number of hydrogen-bond donors (Lipinski definition) is 0. The summed E-state index contributed by atoms with van der Waals surface area (Å²) in [6.07, 6.45) is 3.64. The van der Waals surface area contributed by atoms with E-state index in [9.17, 15) is 4.79 Å². The maximum absolute atomic E-state index is 9.69. The first kappa shape index (κ1) is 9.37. The van der Waals surface area contributed by atoms with Crippen LogP contribution in [0.15, 0.2) is 0 Å². The molecule has 0 aromatic carbocycles. The summed E-state index contributed by atoms with van der Waals surface area (Å²) in [6, 6.07) is 0. The molecule has 3 heteroatoms. The third-order valence-corrected chi connectivity index (χ3v) is 3.27. The van der Waals surface area contributed by atoms with E-state index in [0.717, 1.165) is 5.75 Å². The molecule has 0 saturated heterocycles. The maximum Gasteiger partial charge on any atom is 0.199 e. The van der Waals surface area contributed by atoms with Crippen molar-refractivity contribution >= 4 is 27.9 Å². The fourth-order valence-corrected chi connectivity index (χ4v) is 2.31. The Morgan fingerprint density at radius 3 is 2.56 bits per heavy atom. The molecular formula is C6H11OS2. The van der Waals surface area contributed by atoms with E-state index in [0.29, 0.717) is 6.42 Å². The lowest BCUT2D eigenvalue weighted by Crippen LogP contribution is -1.77. The molecule has 0 aromatic heterocycles. The molecule has 0 aliphatic heterocycles. The molecule has 1 radical (unpaired) electrons. The highest BCUT2D eigenvalue weighted by Crippen LogP contribution is 2.21. The Kier molecular flexibility index (Phi) is 8.71. The van der Waals surface area contributed by atoms with Gasteiger partial charge >= 0.3 is 0 Å². The molecule has 0 bridgehead atoms. The highest BCUT2D eigenvalue weighted by Gasteiger charge is 1.87. The molecular weight excluding hydrogens is 152 g/mol. The van der Waals surface area contributed by atoms with Crippen LogP contribution in [0.2, 0.25) is 0 Å². The zero-order valence-corrected chi connectivity index (χ0v) is 7.19. The van der Waals surface area contributed by atoms with E-state index < -0.39 is 0 Å². The third-order valence-electron chi connectivity index (χ3n) is 0.658. The number of rotatable bonds is 6. The summed E-state index contributed by atoms with van der Waals surface area (Å²) in [5, 5.41) is 0. The average molecular weight is 163 g/mol. The van der Waals surface area contributed by atoms with Crippen molar-refractivity contribution in [3.8, 4) is 0 Å². The smallest absolute Gasteiger partial charge is 0.199 e. The fourth-order valence-electron chi connectivity index (χ4n) is 0.285. The zero-order chi connectivity index (χ0) is 6.95. The molecule has 0 atom stereocenters. The Morgan fingerprint density at radius 2 is 2.00 bits per heavy atom. The summed E-state index contributed by atoms with van der Waals surface area (Å²) in [5.41, 5.74) is 0. The summed E-state index contributed by atoms with van der Waals surface area (Å²) in [7, 11) is 3.59. The van der Waals surface area contributed by atoms with Gasteiger partial charge in [0.15, 0.2) is 6.29 Å². The first-order chi connectivity index (χ1) is 4.41. The van der Waals surface area contributed by atoms with Crippen molar-refractivity contribution in [3.05, 3.63) is 0 Å². The molecule has 0 fully saturated rings. The number of hydrogen-bond acceptors (Lipinski definition) is 3. The van der Waals surface area contributed by atoms with E-state index in [4.69, 9.17) is 0 Å². The van der Waals surface area contributed by atoms with Gasteiger partial charge in [0.2, 0.25) is 0 Å². The Morgan fingerprint density at radius 1 is 1.33 bits per heavy atom. The topological polar surface area (TPSA) is 17.1 Å². The third kappa shape index (κ3) is 8.37. The molecule has 0 aliphatic carbocycles. The van der Waals surface area contributed by atoms with Gasteiger partial charge in [-0.25, -0.2) is 0 Å². The van der Waals surface area contributed by atoms with Crippen molar-refractivity contribution in [3.63, 3.8) is 0 Å². The standard InChI is InChI=1S/C6H11OS2/c1-2-5-8-9-6-3-4-7/h2-3,5-6H2,1H3. The zero-order valence-electron chi connectivity index (χ0n) is 5.55. The second kappa shape index (κ2) is 8.37. The van der Waals surface area contributed by atoms with Gasteiger partial charge in [0.25, 0.3) is 0 Å². The molecule has 0 spiro atoms. The summed E-state index contributed by atoms with van der Waals surface area (Å²) >= 11 is 0. The van der Waals surface area contributed by atoms with E-state index in [1.165, 1.54) is 12.2 Å². The minimum Gasteiger partial charge on any atom is -0.291 e. The van der Waals surface area contributed by atoms with Gasteiger partial charge in [0, 0.05) is 17.9 Å². The average Bonchev–Trinajstić information content (AvgIpc) is 1.89. The van der Waals surface area contributed by atoms with Crippen LogP contribution in [0.25, 0.3) is 0 Å². The van der Waals surface area contributed by atoms with E-state index >= 15 is 0 Å². The maximum atomic E-state index is 9.69. The van der Waals surface area contributed by atoms with Crippen molar-refractivity contribution in [2.45, 2.75) is 19.8 Å². The molecule has 0 N–H and O–H groups in total. The van der Waals surface area contributed by atoms with Crippen molar-refractivity contribution in [1.82, 2.24) is 0 Å². The van der Waals surface area contributed by atoms with Crippen LogP contribution in [0.5, 0.6) is 0 Å². The molecule has 0 aromatic rings. The van der Waals surface area contributed by atoms with Crippen molar-refractivity contribution < 1.29 is 4.79 Å². The van der Waals surface area contributed by atoms with Crippen LogP contribution in [0.4, 0.5) is 0 Å². The molecule has 0 amide bonds. The fraction of sp³-hybridized carbons (Fsp3) is 0.833. The van der Waals surface area contributed by atoms with Gasteiger partial charge < -0.3 is 0 Å². The van der Waals surface area contributed by atoms with E-state index in [-0.39, 0.29) is 0 Å². The molecule has 0 saturated carbocycles. The summed E-state index contributed by atoms with van der Waals surface area (Å²) in [5.74, 6) is 2.09. The van der Waals surface area contributed by atoms with Gasteiger partial charge in [-0.15, -0.1) is 0 Å². The molecule has 0 heterocycles. The van der Waals surface area contributed by atoms with Gasteiger partial charge in [0.05, 0.1) is 0 Å². The van der Waals surface area contributed by atoms with Gasteiger partial charge in [-0.1, -0.05) is 28.5 Å². The van der Waals surface area contributed by atoms with Gasteiger partial charge in [0.1, 0.15) is 0 Å². The highest BCUT2D eigenvalue weighted by atomic mass is 33.1. The van der Waals surface area contributed by atoms with Crippen LogP contribution < -0.4 is 0 Å². The Hall–Kier alpha value is 0.370. The Labute approximate surface area is 64.4 Å². The minimum absolute atomic E-state index is 0.571. The first-order valence-corrected chi connectivity index (χ1v) is 5.50. The first-order valence-electron chi connectivity index (χ1n) is 3.01. The van der Waals surface area contributed by atoms with Crippen LogP contribution in [-0.4, -0.2) is 17.8 Å². The predicted octanol–water partition coefficient (Wildman–Crippen LogP) is 2.28. The lowest BCUT2D eigenvalue weighted by Gasteiger charge is -1.92. The van der Waals surface area contributed by atoms with Gasteiger partial charge in [-0.2, -0.15) is 0 Å². The second-order valence-corrected chi connectivity index (χ2v) is 4.24. The summed E-state index contributed by atoms with van der Waals surface area (Å²) in [4.78, 5) is 9.69. The minimum atomic E-state index is 0.571. The van der Waals surface area contributed by atoms with E-state index in [1.807, 2.05) is 17.1 Å². The van der Waals surface area contributed by atoms with Crippen LogP contribution in [-0.2, 0) is 4.79 Å². The number of carbonyl (C=O) groups excluding carboxylic acids is 1. The lowest BCUT2D eigenvalue weighted by molar-refractivity contribution is 0.554. The highest BCUT2D eigenvalue weighted by molar-refractivity contribution is 8.76.